The number of rotatable bonds is 4. The number of methoxy groups -OCH3 is 1. The molecule has 2 aromatic heterocycles. The number of fused-ring (bicyclic) bond motifs is 4. The number of benzene rings is 2. The number of nitrogens with zero attached hydrogens (tertiary/aromatic N) is 3. The first-order valence-electron chi connectivity index (χ1n) is 15.0. The summed E-state index contributed by atoms with van der Waals surface area (Å²) in [5.41, 5.74) is 4.17. The number of aromatic nitrogens is 1. The van der Waals surface area contributed by atoms with Crippen LogP contribution in [0.3, 0.4) is 0 Å². The number of amides is 1. The van der Waals surface area contributed by atoms with Gasteiger partial charge >= 0.3 is 272 Å². The second-order valence-electron chi connectivity index (χ2n) is 11.7. The van der Waals surface area contributed by atoms with Gasteiger partial charge in [-0.3, -0.25) is 0 Å². The third-order valence-corrected chi connectivity index (χ3v) is 12.2. The maximum atomic E-state index is 16.6. The number of hydrogen-bond donors (Lipinski definition) is 0. The number of alkyl halides is 1. The third-order valence-electron chi connectivity index (χ3n) is 9.18. The average Bonchev–Trinajstić information content (AvgIpc) is 3.23. The molecule has 8 rings (SSSR count). The van der Waals surface area contributed by atoms with Crippen molar-refractivity contribution in [2.45, 2.75) is 28.3 Å². The molecule has 47 heavy (non-hydrogen) atoms. The second-order valence-corrected chi connectivity index (χ2v) is 16.1. The van der Waals surface area contributed by atoms with Crippen molar-refractivity contribution in [3.8, 4) is 27.3 Å². The van der Waals surface area contributed by atoms with Gasteiger partial charge in [0.25, 0.3) is 0 Å². The van der Waals surface area contributed by atoms with E-state index in [2.05, 4.69) is 4.74 Å². The van der Waals surface area contributed by atoms with E-state index in [9.17, 15) is 14.4 Å². The van der Waals surface area contributed by atoms with Crippen molar-refractivity contribution < 1.29 is 37.3 Å². The minimum absolute atomic E-state index is 0.0681. The molecule has 0 N–H and O–H groups in total. The number of halogens is 2. The number of carbonyl (C=O) groups is 2. The Balaban J connectivity index is 1.42. The van der Waals surface area contributed by atoms with Gasteiger partial charge in [0.1, 0.15) is 0 Å². The van der Waals surface area contributed by atoms with Gasteiger partial charge in [0, 0.05) is 0 Å². The van der Waals surface area contributed by atoms with Crippen LogP contribution in [-0.4, -0.2) is 87.2 Å². The van der Waals surface area contributed by atoms with Crippen LogP contribution in [0.15, 0.2) is 58.8 Å². The van der Waals surface area contributed by atoms with Gasteiger partial charge in [0.05, 0.1) is 7.11 Å². The normalized spacial score (nSPS) is 22.2. The molecule has 238 valence electrons. The Morgan fingerprint density at radius 1 is 1.13 bits per heavy atom. The van der Waals surface area contributed by atoms with Gasteiger partial charge in [-0.15, -0.1) is 0 Å². The molecule has 2 aliphatic carbocycles. The number of hydrogen-bond acceptors (Lipinski definition) is 9. The zero-order valence-electron chi connectivity index (χ0n) is 25.0. The molecule has 2 aromatic carbocycles. The van der Waals surface area contributed by atoms with Crippen LogP contribution in [0.2, 0.25) is 0 Å². The van der Waals surface area contributed by atoms with E-state index in [1.807, 2.05) is 34.7 Å². The fourth-order valence-corrected chi connectivity index (χ4v) is 10.4. The Morgan fingerprint density at radius 2 is 1.96 bits per heavy atom. The molecule has 3 atom stereocenters. The molecule has 10 nitrogen and oxygen atoms in total. The summed E-state index contributed by atoms with van der Waals surface area (Å²) in [6, 6.07) is 11.6. The molecule has 14 heteroatoms. The maximum absolute atomic E-state index is 16.6. The number of thiophene rings is 1. The van der Waals surface area contributed by atoms with Crippen molar-refractivity contribution in [3.05, 3.63) is 98.0 Å². The van der Waals surface area contributed by atoms with E-state index < -0.39 is 45.5 Å². The van der Waals surface area contributed by atoms with E-state index in [0.29, 0.717) is 24.2 Å². The molecule has 0 saturated carbocycles. The molecule has 1 saturated heterocycles. The number of carbonyl (C=O) groups excluding carboxylic acids is 2. The number of ether oxygens (including phenoxy) is 4. The monoisotopic (exact) mass is 851 g/mol. The first-order valence-corrected chi connectivity index (χ1v) is 18.1. The van der Waals surface area contributed by atoms with Crippen LogP contribution in [0.25, 0.3) is 21.6 Å². The van der Waals surface area contributed by atoms with Gasteiger partial charge in [-0.1, -0.05) is 0 Å². The van der Waals surface area contributed by atoms with Gasteiger partial charge in [-0.25, -0.2) is 4.79 Å². The molecule has 1 fully saturated rings. The van der Waals surface area contributed by atoms with Gasteiger partial charge in [0.2, 0.25) is 0 Å². The van der Waals surface area contributed by atoms with Crippen molar-refractivity contribution in [2.75, 3.05) is 38.7 Å². The summed E-state index contributed by atoms with van der Waals surface area (Å²) in [6.07, 6.45) is 0.478. The summed E-state index contributed by atoms with van der Waals surface area (Å²) in [4.78, 5) is 41.7. The Hall–Kier alpha value is -3.83. The van der Waals surface area contributed by atoms with E-state index in [0.717, 1.165) is 34.2 Å². The Kier molecular flexibility index (Phi) is 7.40. The van der Waals surface area contributed by atoms with Crippen LogP contribution >= 0.6 is 11.3 Å². The van der Waals surface area contributed by atoms with Crippen molar-refractivity contribution in [2.24, 2.45) is 0 Å². The van der Waals surface area contributed by atoms with E-state index >= 15 is 8.78 Å². The van der Waals surface area contributed by atoms with Crippen molar-refractivity contribution >= 4 is 49.2 Å². The molecule has 0 bridgehead atoms. The van der Waals surface area contributed by atoms with E-state index in [1.54, 1.807) is 15.6 Å². The summed E-state index contributed by atoms with van der Waals surface area (Å²) in [7, 11) is 1.14. The zero-order valence-corrected chi connectivity index (χ0v) is 30.3. The summed E-state index contributed by atoms with van der Waals surface area (Å²) in [5, 5.41) is 3.98. The van der Waals surface area contributed by atoms with Gasteiger partial charge < -0.3 is 4.74 Å². The molecule has 2 aliphatic heterocycles. The fourth-order valence-electron chi connectivity index (χ4n) is 7.33. The van der Waals surface area contributed by atoms with Gasteiger partial charge in [0.15, 0.2) is 0 Å². The molecule has 4 heterocycles. The molecule has 4 aliphatic rings. The molecule has 0 spiro atoms. The summed E-state index contributed by atoms with van der Waals surface area (Å²) in [6.45, 7) is 0.191. The SMILES string of the molecule is COC(=O)OCOc1c2n(ccc1=O)N(C1c3ccccc3-c3scc4c3-c3c1ccc(F)c3[C](F)([Tl])C4)C1CCOCCN1C2=O. The van der Waals surface area contributed by atoms with Crippen LogP contribution in [0.4, 0.5) is 13.6 Å². The van der Waals surface area contributed by atoms with E-state index in [4.69, 9.17) is 14.2 Å². The summed E-state index contributed by atoms with van der Waals surface area (Å²) >= 11 is 1.33. The van der Waals surface area contributed by atoms with Crippen LogP contribution in [-0.2, 0) is 23.9 Å². The minimum atomic E-state index is -1.80. The third kappa shape index (κ3) is 4.64. The predicted molar refractivity (Wildman–Crippen MR) is 167 cm³/mol. The van der Waals surface area contributed by atoms with E-state index in [1.165, 1.54) is 29.7 Å². The molecule has 3 unspecified atom stereocenters. The van der Waals surface area contributed by atoms with E-state index in [-0.39, 0.29) is 62.3 Å². The topological polar surface area (TPSA) is 99.5 Å². The Labute approximate surface area is 287 Å². The Bertz CT molecular complexity index is 2030. The first-order chi connectivity index (χ1) is 22.7. The average molecular weight is 851 g/mol. The number of pyridine rings is 1. The molecule has 4 aromatic rings. The van der Waals surface area contributed by atoms with Gasteiger partial charge in [-0.2, -0.15) is 0 Å². The quantitative estimate of drug-likeness (QED) is 0.167. The van der Waals surface area contributed by atoms with Crippen molar-refractivity contribution in [1.82, 2.24) is 9.58 Å². The standard InChI is InChI=1S/C33H26F2N3O7S.Tl/c1-42-33(41)45-16-44-30-23(39)8-10-37-29(30)32(40)36-11-13-43-12-9-24(36)38(37)28-18-4-2-3-5-19(18)31-25-17(15-46-31)14-22(35)27-21(34)7-6-20(28)26(25)27;/h2-8,10,15,24,28H,9,11-14,16H2,1H3;. The fraction of sp³-hybridized carbons (Fsp3) is 0.303. The molecule has 0 radical (unpaired) electrons. The molecule has 1 amide bonds. The summed E-state index contributed by atoms with van der Waals surface area (Å²) < 4.78 is 53.2. The first kappa shape index (κ1) is 30.5. The van der Waals surface area contributed by atoms with Gasteiger partial charge in [-0.05, 0) is 0 Å². The van der Waals surface area contributed by atoms with Crippen LogP contribution < -0.4 is 15.2 Å². The van der Waals surface area contributed by atoms with Crippen LogP contribution in [0.5, 0.6) is 5.75 Å². The van der Waals surface area contributed by atoms with Crippen LogP contribution in [0, 0.1) is 5.82 Å². The van der Waals surface area contributed by atoms with Crippen molar-refractivity contribution in [1.29, 1.82) is 0 Å². The second kappa shape index (κ2) is 11.4. The molecular formula is C33H26F2N3O7STl. The van der Waals surface area contributed by atoms with Crippen molar-refractivity contribution in [3.63, 3.8) is 0 Å². The zero-order chi connectivity index (χ0) is 32.6. The Morgan fingerprint density at radius 3 is 2.79 bits per heavy atom. The summed E-state index contributed by atoms with van der Waals surface area (Å²) in [5.74, 6) is -1.34. The molecular weight excluding hydrogens is 825 g/mol. The van der Waals surface area contributed by atoms with Crippen LogP contribution in [0.1, 0.15) is 45.2 Å². The predicted octanol–water partition coefficient (Wildman–Crippen LogP) is 4.59.